The maximum Gasteiger partial charge on any atom is 0.288 e. The summed E-state index contributed by atoms with van der Waals surface area (Å²) in [5.41, 5.74) is 0.307. The highest BCUT2D eigenvalue weighted by molar-refractivity contribution is 7.92. The van der Waals surface area contributed by atoms with Crippen LogP contribution in [0.5, 0.6) is 0 Å². The van der Waals surface area contributed by atoms with Crippen LogP contribution in [0.1, 0.15) is 20.9 Å². The number of rotatable bonds is 6. The molecule has 0 bridgehead atoms. The predicted octanol–water partition coefficient (Wildman–Crippen LogP) is 1.93. The Balaban J connectivity index is 1.52. The summed E-state index contributed by atoms with van der Waals surface area (Å²) in [6.45, 7) is 0.408. The van der Waals surface area contributed by atoms with Gasteiger partial charge >= 0.3 is 0 Å². The molecule has 2 aromatic carbocycles. The Bertz CT molecular complexity index is 1300. The zero-order valence-electron chi connectivity index (χ0n) is 18.5. The SMILES string of the molecule is O=C(N[C@@H](C(=O)N1CCN(C(=O)c2ccc(F)cc2)CC1)S(=O)(=O)c1ccccc1)c1ccco1. The van der Waals surface area contributed by atoms with E-state index >= 15 is 0 Å². The van der Waals surface area contributed by atoms with Gasteiger partial charge in [-0.2, -0.15) is 0 Å². The Morgan fingerprint density at radius 1 is 0.857 bits per heavy atom. The quantitative estimate of drug-likeness (QED) is 0.554. The maximum atomic E-state index is 13.4. The van der Waals surface area contributed by atoms with Gasteiger partial charge in [-0.15, -0.1) is 0 Å². The van der Waals surface area contributed by atoms with E-state index in [0.717, 1.165) is 0 Å². The molecule has 182 valence electrons. The lowest BCUT2D eigenvalue weighted by Crippen LogP contribution is -2.57. The van der Waals surface area contributed by atoms with E-state index in [2.05, 4.69) is 5.32 Å². The highest BCUT2D eigenvalue weighted by Crippen LogP contribution is 2.19. The molecular formula is C24H22FN3O6S. The van der Waals surface area contributed by atoms with Gasteiger partial charge in [0.1, 0.15) is 5.82 Å². The average Bonchev–Trinajstić information content (AvgIpc) is 3.43. The third-order valence-electron chi connectivity index (χ3n) is 5.58. The van der Waals surface area contributed by atoms with Crippen molar-refractivity contribution in [2.75, 3.05) is 26.2 Å². The molecule has 4 rings (SSSR count). The van der Waals surface area contributed by atoms with Crippen molar-refractivity contribution < 1.29 is 31.6 Å². The third-order valence-corrected chi connectivity index (χ3v) is 7.45. The number of nitrogens with one attached hydrogen (secondary N) is 1. The molecule has 1 aliphatic rings. The minimum Gasteiger partial charge on any atom is -0.459 e. The molecular weight excluding hydrogens is 477 g/mol. The lowest BCUT2D eigenvalue weighted by molar-refractivity contribution is -0.132. The molecule has 1 atom stereocenters. The summed E-state index contributed by atoms with van der Waals surface area (Å²) in [6.07, 6.45) is 1.26. The van der Waals surface area contributed by atoms with Crippen LogP contribution in [0, 0.1) is 5.82 Å². The van der Waals surface area contributed by atoms with Gasteiger partial charge in [-0.25, -0.2) is 12.8 Å². The Kier molecular flexibility index (Phi) is 6.97. The van der Waals surface area contributed by atoms with Gasteiger partial charge < -0.3 is 19.5 Å². The summed E-state index contributed by atoms with van der Waals surface area (Å²) in [7, 11) is -4.29. The lowest BCUT2D eigenvalue weighted by atomic mass is 10.1. The van der Waals surface area contributed by atoms with E-state index in [1.807, 2.05) is 0 Å². The molecule has 1 N–H and O–H groups in total. The number of sulfone groups is 1. The molecule has 11 heteroatoms. The van der Waals surface area contributed by atoms with Gasteiger partial charge in [0.2, 0.25) is 15.2 Å². The van der Waals surface area contributed by atoms with E-state index in [0.29, 0.717) is 5.56 Å². The van der Waals surface area contributed by atoms with Gasteiger partial charge in [0.15, 0.2) is 5.76 Å². The molecule has 9 nitrogen and oxygen atoms in total. The van der Waals surface area contributed by atoms with E-state index in [4.69, 9.17) is 4.42 Å². The number of furan rings is 1. The summed E-state index contributed by atoms with van der Waals surface area (Å²) < 4.78 is 44.8. The normalized spacial score (nSPS) is 14.9. The van der Waals surface area contributed by atoms with Crippen molar-refractivity contribution in [1.29, 1.82) is 0 Å². The second kappa shape index (κ2) is 10.1. The highest BCUT2D eigenvalue weighted by Gasteiger charge is 2.40. The van der Waals surface area contributed by atoms with Crippen molar-refractivity contribution in [3.8, 4) is 0 Å². The second-order valence-corrected chi connectivity index (χ2v) is 9.85. The number of nitrogens with zero attached hydrogens (tertiary/aromatic N) is 2. The first-order valence-electron chi connectivity index (χ1n) is 10.7. The fraction of sp³-hybridized carbons (Fsp3) is 0.208. The Labute approximate surface area is 201 Å². The van der Waals surface area contributed by atoms with Crippen LogP contribution in [-0.4, -0.2) is 67.5 Å². The van der Waals surface area contributed by atoms with Crippen LogP contribution in [-0.2, 0) is 14.6 Å². The Hall–Kier alpha value is -3.99. The molecule has 0 unspecified atom stereocenters. The summed E-state index contributed by atoms with van der Waals surface area (Å²) in [5.74, 6) is -2.59. The van der Waals surface area contributed by atoms with E-state index in [-0.39, 0.29) is 42.7 Å². The van der Waals surface area contributed by atoms with Gasteiger partial charge in [-0.05, 0) is 48.5 Å². The Morgan fingerprint density at radius 2 is 1.49 bits per heavy atom. The van der Waals surface area contributed by atoms with Gasteiger partial charge in [-0.3, -0.25) is 14.4 Å². The molecule has 0 saturated carbocycles. The standard InChI is InChI=1S/C24H22FN3O6S/c25-18-10-8-17(9-11-18)23(30)27-12-14-28(15-13-27)24(31)22(26-21(29)20-7-4-16-34-20)35(32,33)19-5-2-1-3-6-19/h1-11,16,22H,12-15H2,(H,26,29)/t22-/m1/s1. The van der Waals surface area contributed by atoms with Gasteiger partial charge in [0.05, 0.1) is 11.2 Å². The first kappa shape index (κ1) is 24.1. The van der Waals surface area contributed by atoms with Gasteiger partial charge in [-0.1, -0.05) is 18.2 Å². The maximum absolute atomic E-state index is 13.4. The monoisotopic (exact) mass is 499 g/mol. The molecule has 2 heterocycles. The molecule has 1 saturated heterocycles. The largest absolute Gasteiger partial charge is 0.459 e. The number of carbonyl (C=O) groups excluding carboxylic acids is 3. The van der Waals surface area contributed by atoms with Crippen molar-refractivity contribution in [3.05, 3.63) is 90.1 Å². The fourth-order valence-corrected chi connectivity index (χ4v) is 5.17. The number of halogens is 1. The van der Waals surface area contributed by atoms with Crippen LogP contribution in [0.2, 0.25) is 0 Å². The predicted molar refractivity (Wildman–Crippen MR) is 122 cm³/mol. The smallest absolute Gasteiger partial charge is 0.288 e. The summed E-state index contributed by atoms with van der Waals surface area (Å²) in [4.78, 5) is 41.3. The van der Waals surface area contributed by atoms with E-state index < -0.39 is 32.8 Å². The van der Waals surface area contributed by atoms with Crippen LogP contribution in [0.15, 0.2) is 82.3 Å². The average molecular weight is 500 g/mol. The topological polar surface area (TPSA) is 117 Å². The molecule has 0 spiro atoms. The molecule has 0 aliphatic carbocycles. The second-order valence-electron chi connectivity index (χ2n) is 7.81. The van der Waals surface area contributed by atoms with Crippen LogP contribution >= 0.6 is 0 Å². The first-order chi connectivity index (χ1) is 16.8. The molecule has 1 aromatic heterocycles. The number of benzene rings is 2. The summed E-state index contributed by atoms with van der Waals surface area (Å²) >= 11 is 0. The molecule has 3 aromatic rings. The van der Waals surface area contributed by atoms with E-state index in [1.54, 1.807) is 6.07 Å². The molecule has 0 radical (unpaired) electrons. The molecule has 1 aliphatic heterocycles. The van der Waals surface area contributed by atoms with Crippen LogP contribution in [0.3, 0.4) is 0 Å². The van der Waals surface area contributed by atoms with Crippen LogP contribution < -0.4 is 5.32 Å². The fourth-order valence-electron chi connectivity index (χ4n) is 3.69. The van der Waals surface area contributed by atoms with Crippen molar-refractivity contribution in [2.45, 2.75) is 10.3 Å². The molecule has 3 amide bonds. The number of amides is 3. The van der Waals surface area contributed by atoms with Crippen molar-refractivity contribution >= 4 is 27.6 Å². The minimum absolute atomic E-state index is 0.0587. The zero-order chi connectivity index (χ0) is 25.0. The van der Waals surface area contributed by atoms with Gasteiger partial charge in [0, 0.05) is 31.7 Å². The third kappa shape index (κ3) is 5.24. The minimum atomic E-state index is -4.29. The summed E-state index contributed by atoms with van der Waals surface area (Å²) in [5, 5.41) is 0.405. The molecule has 1 fully saturated rings. The number of hydrogen-bond acceptors (Lipinski definition) is 6. The number of hydrogen-bond donors (Lipinski definition) is 1. The number of carbonyl (C=O) groups is 3. The van der Waals surface area contributed by atoms with Crippen molar-refractivity contribution in [2.24, 2.45) is 0 Å². The van der Waals surface area contributed by atoms with Crippen molar-refractivity contribution in [1.82, 2.24) is 15.1 Å². The number of piperazine rings is 1. The van der Waals surface area contributed by atoms with Gasteiger partial charge in [0.25, 0.3) is 17.7 Å². The van der Waals surface area contributed by atoms with Crippen molar-refractivity contribution in [3.63, 3.8) is 0 Å². The van der Waals surface area contributed by atoms with E-state index in [1.165, 1.54) is 76.7 Å². The highest BCUT2D eigenvalue weighted by atomic mass is 32.2. The zero-order valence-corrected chi connectivity index (χ0v) is 19.3. The van der Waals surface area contributed by atoms with Crippen LogP contribution in [0.4, 0.5) is 4.39 Å². The van der Waals surface area contributed by atoms with Crippen LogP contribution in [0.25, 0.3) is 0 Å². The lowest BCUT2D eigenvalue weighted by Gasteiger charge is -2.36. The van der Waals surface area contributed by atoms with E-state index in [9.17, 15) is 27.2 Å². The first-order valence-corrected chi connectivity index (χ1v) is 12.3. The summed E-state index contributed by atoms with van der Waals surface area (Å²) in [6, 6.07) is 15.3. The Morgan fingerprint density at radius 3 is 2.09 bits per heavy atom. The molecule has 35 heavy (non-hydrogen) atoms.